The number of carbonyl (C=O) groups is 7. The van der Waals surface area contributed by atoms with Crippen molar-refractivity contribution in [1.29, 1.82) is 0 Å². The predicted molar refractivity (Wildman–Crippen MR) is 329 cm³/mol. The van der Waals surface area contributed by atoms with Crippen LogP contribution in [0, 0.1) is 59.2 Å². The van der Waals surface area contributed by atoms with Crippen molar-refractivity contribution in [2.45, 2.75) is 189 Å². The molecule has 0 spiro atoms. The minimum Gasteiger partial charge on any atom is -0.481 e. The Hall–Kier alpha value is -7.00. The molecule has 8 rings (SSSR count). The number of nitrogens with two attached hydrogens (primary N) is 3. The van der Waals surface area contributed by atoms with Crippen LogP contribution in [-0.2, 0) is 51.9 Å². The van der Waals surface area contributed by atoms with E-state index in [9.17, 15) is 68.6 Å². The number of hydrogen-bond donors (Lipinski definition) is 11. The molecule has 0 aliphatic carbocycles. The molecule has 15 atom stereocenters. The first-order chi connectivity index (χ1) is 41.8. The second-order valence-electron chi connectivity index (χ2n) is 26.9. The zero-order chi connectivity index (χ0) is 66.7. The third-order valence-electron chi connectivity index (χ3n) is 20.5. The maximum absolute atomic E-state index is 14.3. The fourth-order valence-corrected chi connectivity index (χ4v) is 16.5. The molecular formula is C62H87N10O17P. The Kier molecular flexibility index (Phi) is 19.6. The van der Waals surface area contributed by atoms with E-state index >= 15 is 0 Å². The van der Waals surface area contributed by atoms with Crippen LogP contribution in [0.4, 0.5) is 0 Å². The van der Waals surface area contributed by atoms with Crippen molar-refractivity contribution < 1.29 is 82.3 Å². The first-order valence-corrected chi connectivity index (χ1v) is 31.9. The Morgan fingerprint density at radius 3 is 2.04 bits per heavy atom. The first-order valence-electron chi connectivity index (χ1n) is 30.4. The van der Waals surface area contributed by atoms with Gasteiger partial charge in [-0.25, -0.2) is 9.55 Å². The highest BCUT2D eigenvalue weighted by Crippen LogP contribution is 2.63. The van der Waals surface area contributed by atoms with E-state index in [1.165, 1.54) is 13.3 Å². The molecule has 14 N–H and O–H groups in total. The summed E-state index contributed by atoms with van der Waals surface area (Å²) >= 11 is 0. The standard InChI is InChI=1S/C62H87N10O17P/c1-29-20-39-40(21-30(29)2)72(28-67-39)57-52(84)53(41(27-73)87-57)89-90(85,86)88-31(3)26-66-46(77)18-19-59(8)37(22-49(82)83)56-62(11)61(10,25-45(65)76)36(14-17-48(80)81)51(71-62)33(5)55-60(9,24-44(64)75)34(13-16-47(78)79)38(68-55)23-42-58(6,7)35(12-15-43(63)74)50(69-42)32(4)54(59)70-56/h20-21,23,28,31,34-37,41,52-53,56-57,68,73,84H,12-19,22,24-27H2,1-11H3,(H2,63,74)(H2,64,75)(H2,65,76)(H,66,77)(H,78,79)(H,80,81)(H,82,83)(H,85,86)/b38-23?,50-32?,55-33-/t31-,34+,35+,36+,37-,41+,52+,53+,56+,57-,59+,60-,61-,62-/m0/s1. The zero-order valence-electron chi connectivity index (χ0n) is 52.9. The molecule has 492 valence electrons. The van der Waals surface area contributed by atoms with Crippen molar-refractivity contribution in [3.8, 4) is 0 Å². The second-order valence-corrected chi connectivity index (χ2v) is 28.2. The number of nitrogens with one attached hydrogen (secondary N) is 2. The molecule has 4 amide bonds. The third kappa shape index (κ3) is 13.0. The van der Waals surface area contributed by atoms with Gasteiger partial charge in [-0.15, -0.1) is 0 Å². The van der Waals surface area contributed by atoms with Gasteiger partial charge in [0.15, 0.2) is 6.23 Å². The molecule has 2 aromatic rings. The number of primary amides is 3. The summed E-state index contributed by atoms with van der Waals surface area (Å²) < 4.78 is 32.2. The number of aryl methyl sites for hydroxylation is 2. The number of hydrogen-bond acceptors (Lipinski definition) is 18. The van der Waals surface area contributed by atoms with Crippen molar-refractivity contribution in [2.75, 3.05) is 13.2 Å². The van der Waals surface area contributed by atoms with Crippen LogP contribution in [0.1, 0.15) is 150 Å². The van der Waals surface area contributed by atoms with E-state index in [0.717, 1.165) is 11.1 Å². The number of aliphatic hydroxyl groups is 2. The smallest absolute Gasteiger partial charge is 0.472 e. The Bertz CT molecular complexity index is 3530. The van der Waals surface area contributed by atoms with E-state index in [2.05, 4.69) is 15.6 Å². The van der Waals surface area contributed by atoms with Crippen LogP contribution >= 0.6 is 7.82 Å². The third-order valence-corrected chi connectivity index (χ3v) is 21.6. The molecule has 2 saturated heterocycles. The number of allylic oxidation sites excluding steroid dienone is 6. The van der Waals surface area contributed by atoms with E-state index in [-0.39, 0.29) is 57.9 Å². The fourth-order valence-electron chi connectivity index (χ4n) is 15.4. The number of aliphatic hydroxyl groups excluding tert-OH is 2. The van der Waals surface area contributed by atoms with Gasteiger partial charge in [-0.2, -0.15) is 0 Å². The van der Waals surface area contributed by atoms with Gasteiger partial charge < -0.3 is 67.6 Å². The number of aromatic nitrogens is 2. The number of imidazole rings is 1. The normalized spacial score (nSPS) is 32.8. The van der Waals surface area contributed by atoms with E-state index in [4.69, 9.17) is 46.0 Å². The highest BCUT2D eigenvalue weighted by molar-refractivity contribution is 7.47. The van der Waals surface area contributed by atoms with Gasteiger partial charge in [0.2, 0.25) is 23.6 Å². The quantitative estimate of drug-likeness (QED) is 0.0554. The number of ether oxygens (including phenoxy) is 1. The highest BCUT2D eigenvalue weighted by atomic mass is 31.2. The molecule has 6 aliphatic heterocycles. The minimum atomic E-state index is -5.09. The first kappa shape index (κ1) is 68.9. The van der Waals surface area contributed by atoms with Gasteiger partial charge in [0.05, 0.1) is 48.1 Å². The van der Waals surface area contributed by atoms with Crippen molar-refractivity contribution >= 4 is 77.5 Å². The average molecular weight is 1280 g/mol. The molecule has 6 aliphatic rings. The summed E-state index contributed by atoms with van der Waals surface area (Å²) in [5, 5.41) is 59.5. The molecule has 1 aromatic carbocycles. The molecule has 1 unspecified atom stereocenters. The molecule has 0 radical (unpaired) electrons. The van der Waals surface area contributed by atoms with Gasteiger partial charge >= 0.3 is 25.7 Å². The van der Waals surface area contributed by atoms with Crippen molar-refractivity contribution in [3.63, 3.8) is 0 Å². The number of rotatable bonds is 26. The van der Waals surface area contributed by atoms with Crippen molar-refractivity contribution in [3.05, 3.63) is 63.9 Å². The lowest BCUT2D eigenvalue weighted by atomic mass is 9.55. The number of benzene rings is 1. The number of aliphatic carboxylic acids is 3. The summed E-state index contributed by atoms with van der Waals surface area (Å²) in [6.45, 7) is 18.6. The monoisotopic (exact) mass is 1270 g/mol. The Morgan fingerprint density at radius 2 is 1.44 bits per heavy atom. The van der Waals surface area contributed by atoms with Crippen molar-refractivity contribution in [2.24, 2.45) is 77.5 Å². The summed E-state index contributed by atoms with van der Waals surface area (Å²) in [5.41, 5.74) is 18.0. The lowest BCUT2D eigenvalue weighted by molar-refractivity contribution is -0.140. The zero-order valence-corrected chi connectivity index (χ0v) is 53.8. The van der Waals surface area contributed by atoms with Crippen LogP contribution in [0.5, 0.6) is 0 Å². The van der Waals surface area contributed by atoms with Crippen LogP contribution in [0.15, 0.2) is 67.8 Å². The number of phosphoric ester groups is 1. The molecule has 28 heteroatoms. The molecule has 7 heterocycles. The molecule has 0 saturated carbocycles. The van der Waals surface area contributed by atoms with E-state index in [1.807, 2.05) is 45.9 Å². The number of fused-ring (bicyclic) bond motifs is 7. The number of phosphoric acid groups is 1. The van der Waals surface area contributed by atoms with Crippen LogP contribution in [-0.4, -0.2) is 148 Å². The highest BCUT2D eigenvalue weighted by Gasteiger charge is 2.66. The molecule has 2 fully saturated rings. The van der Waals surface area contributed by atoms with Crippen molar-refractivity contribution in [1.82, 2.24) is 20.2 Å². The van der Waals surface area contributed by atoms with E-state index in [1.54, 1.807) is 46.1 Å². The molecule has 1 aromatic heterocycles. The molecule has 90 heavy (non-hydrogen) atoms. The maximum atomic E-state index is 14.3. The number of nitrogens with zero attached hydrogens (tertiary/aromatic N) is 5. The lowest BCUT2D eigenvalue weighted by Crippen LogP contribution is -2.55. The Balaban J connectivity index is 1.19. The van der Waals surface area contributed by atoms with Gasteiger partial charge in [-0.05, 0) is 108 Å². The Labute approximate surface area is 521 Å². The topological polar surface area (TPSA) is 443 Å². The second kappa shape index (κ2) is 25.6. The molecule has 27 nitrogen and oxygen atoms in total. The number of carboxylic acids is 3. The van der Waals surface area contributed by atoms with Gasteiger partial charge in [0.25, 0.3) is 0 Å². The van der Waals surface area contributed by atoms with Crippen LogP contribution in [0.2, 0.25) is 0 Å². The van der Waals surface area contributed by atoms with Gasteiger partial charge in [-0.3, -0.25) is 57.6 Å². The largest absolute Gasteiger partial charge is 0.481 e. The number of amides is 4. The van der Waals surface area contributed by atoms with Gasteiger partial charge in [0, 0.05) is 125 Å². The van der Waals surface area contributed by atoms with E-state index in [0.29, 0.717) is 56.4 Å². The lowest BCUT2D eigenvalue weighted by Gasteiger charge is -2.48. The minimum absolute atomic E-state index is 0.0187. The fraction of sp³-hybridized carbons (Fsp3) is 0.629. The van der Waals surface area contributed by atoms with Crippen LogP contribution in [0.25, 0.3) is 11.0 Å². The van der Waals surface area contributed by atoms with Crippen LogP contribution < -0.4 is 27.8 Å². The molecule has 8 bridgehead atoms. The van der Waals surface area contributed by atoms with Gasteiger partial charge in [0.1, 0.15) is 18.3 Å². The summed E-state index contributed by atoms with van der Waals surface area (Å²) in [4.78, 5) is 125. The maximum Gasteiger partial charge on any atom is 0.472 e. The molecular weight excluding hydrogens is 1190 g/mol. The summed E-state index contributed by atoms with van der Waals surface area (Å²) in [5.74, 6) is -9.43. The number of aliphatic imine (C=N–C) groups is 3. The summed E-state index contributed by atoms with van der Waals surface area (Å²) in [7, 11) is -5.09. The SMILES string of the molecule is CC1=C2N=C(C=C3N/C(=C(/C)C4=N[C@@](C)([C@@H]5N=C1[C@](C)(CCC(=O)NC[C@H](C)OP(=O)(O)O[C@H]1[C@@H](O)[C@@H](n6cnc7cc(C)c(C)cc76)O[C@@H]1CO)[C@H]5CC(=O)O)[C@@](C)(CC(N)=O)[C@@H]4CCC(=O)O)[C@@](C)(CC(N)=O)[C@@H]3CCC(=O)O)C(C)(C)[C@@H]2CCC(N)=O. The predicted octanol–water partition coefficient (Wildman–Crippen LogP) is 4.96. The van der Waals surface area contributed by atoms with Crippen LogP contribution in [0.3, 0.4) is 0 Å². The summed E-state index contributed by atoms with van der Waals surface area (Å²) in [6, 6.07) is 2.55. The summed E-state index contributed by atoms with van der Waals surface area (Å²) in [6.07, 6.45) is -5.91. The Morgan fingerprint density at radius 1 is 0.822 bits per heavy atom. The average Bonchev–Trinajstić information content (AvgIpc) is 1.53. The van der Waals surface area contributed by atoms with Gasteiger partial charge in [-0.1, -0.05) is 34.6 Å². The number of carbonyl (C=O) groups excluding carboxylic acids is 4. The van der Waals surface area contributed by atoms with E-state index < -0.39 is 163 Å². The number of carboxylic acid groups (broad SMARTS) is 3.